The summed E-state index contributed by atoms with van der Waals surface area (Å²) in [5.41, 5.74) is 2.19. The molecule has 0 fully saturated rings. The van der Waals surface area contributed by atoms with Gasteiger partial charge in [-0.3, -0.25) is 0 Å². The number of benzene rings is 2. The number of rotatable bonds is 11. The topological polar surface area (TPSA) is 64.1 Å². The van der Waals surface area contributed by atoms with Crippen molar-refractivity contribution in [2.24, 2.45) is 4.99 Å². The molecule has 2 rings (SSSR count). The second-order valence-corrected chi connectivity index (χ2v) is 6.08. The Labute approximate surface area is 167 Å². The van der Waals surface area contributed by atoms with Gasteiger partial charge in [0.1, 0.15) is 18.1 Å². The molecular formula is C22H31N3O3. The fourth-order valence-corrected chi connectivity index (χ4v) is 2.61. The number of aliphatic imine (C=N–C) groups is 1. The average molecular weight is 386 g/mol. The zero-order valence-corrected chi connectivity index (χ0v) is 17.0. The molecule has 2 N–H and O–H groups in total. The first-order valence-electron chi connectivity index (χ1n) is 9.70. The van der Waals surface area contributed by atoms with Gasteiger partial charge >= 0.3 is 0 Å². The third-order valence-electron chi connectivity index (χ3n) is 3.94. The molecule has 152 valence electrons. The van der Waals surface area contributed by atoms with Gasteiger partial charge in [0, 0.05) is 25.8 Å². The third-order valence-corrected chi connectivity index (χ3v) is 3.94. The summed E-state index contributed by atoms with van der Waals surface area (Å²) in [7, 11) is 1.66. The highest BCUT2D eigenvalue weighted by atomic mass is 16.5. The maximum Gasteiger partial charge on any atom is 0.191 e. The Kier molecular flexibility index (Phi) is 9.72. The Morgan fingerprint density at radius 3 is 2.61 bits per heavy atom. The molecule has 6 heteroatoms. The quantitative estimate of drug-likeness (QED) is 0.353. The van der Waals surface area contributed by atoms with E-state index >= 15 is 0 Å². The summed E-state index contributed by atoms with van der Waals surface area (Å²) in [6, 6.07) is 16.0. The van der Waals surface area contributed by atoms with Gasteiger partial charge in [-0.05, 0) is 37.6 Å². The number of hydrogen-bond acceptors (Lipinski definition) is 4. The largest absolute Gasteiger partial charge is 0.494 e. The van der Waals surface area contributed by atoms with Crippen LogP contribution < -0.4 is 20.1 Å². The summed E-state index contributed by atoms with van der Waals surface area (Å²) in [6.07, 6.45) is 0. The lowest BCUT2D eigenvalue weighted by Gasteiger charge is -2.14. The first-order chi connectivity index (χ1) is 13.8. The number of ether oxygens (including phenoxy) is 3. The molecule has 0 aliphatic rings. The van der Waals surface area contributed by atoms with Crippen LogP contribution in [0.25, 0.3) is 0 Å². The van der Waals surface area contributed by atoms with E-state index < -0.39 is 0 Å². The van der Waals surface area contributed by atoms with Crippen molar-refractivity contribution in [1.82, 2.24) is 10.6 Å². The van der Waals surface area contributed by atoms with Crippen LogP contribution in [0.4, 0.5) is 0 Å². The van der Waals surface area contributed by atoms with Crippen LogP contribution in [-0.2, 0) is 17.8 Å². The summed E-state index contributed by atoms with van der Waals surface area (Å²) in [5, 5.41) is 6.66. The summed E-state index contributed by atoms with van der Waals surface area (Å²) >= 11 is 0. The lowest BCUT2D eigenvalue weighted by molar-refractivity contribution is 0.146. The van der Waals surface area contributed by atoms with Crippen LogP contribution >= 0.6 is 0 Å². The van der Waals surface area contributed by atoms with Crippen LogP contribution in [0.2, 0.25) is 0 Å². The smallest absolute Gasteiger partial charge is 0.191 e. The molecule has 2 aromatic carbocycles. The minimum Gasteiger partial charge on any atom is -0.494 e. The molecule has 2 aromatic rings. The molecule has 0 heterocycles. The maximum absolute atomic E-state index is 5.69. The molecule has 0 atom stereocenters. The van der Waals surface area contributed by atoms with Gasteiger partial charge in [0.2, 0.25) is 0 Å². The van der Waals surface area contributed by atoms with Crippen molar-refractivity contribution in [3.63, 3.8) is 0 Å². The van der Waals surface area contributed by atoms with Gasteiger partial charge in [0.15, 0.2) is 5.96 Å². The predicted octanol–water partition coefficient (Wildman–Crippen LogP) is 3.37. The summed E-state index contributed by atoms with van der Waals surface area (Å²) in [6.45, 7) is 7.78. The number of hydrogen-bond donors (Lipinski definition) is 2. The van der Waals surface area contributed by atoms with Gasteiger partial charge in [-0.2, -0.15) is 0 Å². The van der Waals surface area contributed by atoms with Gasteiger partial charge in [0.25, 0.3) is 0 Å². The molecule has 0 aromatic heterocycles. The predicted molar refractivity (Wildman–Crippen MR) is 113 cm³/mol. The minimum atomic E-state index is 0.534. The number of nitrogens with one attached hydrogen (secondary N) is 2. The third kappa shape index (κ3) is 7.48. The highest BCUT2D eigenvalue weighted by Gasteiger charge is 2.04. The highest BCUT2D eigenvalue weighted by Crippen LogP contribution is 2.17. The van der Waals surface area contributed by atoms with Gasteiger partial charge in [-0.25, -0.2) is 4.99 Å². The molecular weight excluding hydrogens is 354 g/mol. The van der Waals surface area contributed by atoms with E-state index in [9.17, 15) is 0 Å². The van der Waals surface area contributed by atoms with E-state index in [0.29, 0.717) is 32.9 Å². The summed E-state index contributed by atoms with van der Waals surface area (Å²) in [5.74, 6) is 2.49. The van der Waals surface area contributed by atoms with Crippen LogP contribution in [0.3, 0.4) is 0 Å². The van der Waals surface area contributed by atoms with E-state index in [2.05, 4.69) is 28.6 Å². The fourth-order valence-electron chi connectivity index (χ4n) is 2.61. The molecule has 0 aliphatic heterocycles. The number of nitrogens with zero attached hydrogens (tertiary/aromatic N) is 1. The highest BCUT2D eigenvalue weighted by molar-refractivity contribution is 5.79. The normalized spacial score (nSPS) is 11.2. The second-order valence-electron chi connectivity index (χ2n) is 6.08. The lowest BCUT2D eigenvalue weighted by Crippen LogP contribution is -2.36. The molecule has 0 amide bonds. The zero-order valence-electron chi connectivity index (χ0n) is 17.0. The van der Waals surface area contributed by atoms with Crippen LogP contribution in [0.5, 0.6) is 11.5 Å². The van der Waals surface area contributed by atoms with Crippen molar-refractivity contribution in [2.75, 3.05) is 33.5 Å². The van der Waals surface area contributed by atoms with E-state index in [1.807, 2.05) is 49.4 Å². The summed E-state index contributed by atoms with van der Waals surface area (Å²) < 4.78 is 16.4. The number of methoxy groups -OCH3 is 1. The van der Waals surface area contributed by atoms with Crippen LogP contribution in [-0.4, -0.2) is 39.4 Å². The first kappa shape index (κ1) is 21.6. The molecule has 0 aliphatic carbocycles. The van der Waals surface area contributed by atoms with Crippen molar-refractivity contribution in [3.8, 4) is 11.5 Å². The van der Waals surface area contributed by atoms with Crippen LogP contribution in [0, 0.1) is 0 Å². The summed E-state index contributed by atoms with van der Waals surface area (Å²) in [4.78, 5) is 4.69. The Hall–Kier alpha value is -2.73. The SMILES string of the molecule is CCNC(=NCc1cccc(OCCOC)c1)NCc1ccccc1OCC. The lowest BCUT2D eigenvalue weighted by atomic mass is 10.2. The Morgan fingerprint density at radius 1 is 0.964 bits per heavy atom. The van der Waals surface area contributed by atoms with Crippen LogP contribution in [0.1, 0.15) is 25.0 Å². The molecule has 28 heavy (non-hydrogen) atoms. The fraction of sp³-hybridized carbons (Fsp3) is 0.409. The first-order valence-corrected chi connectivity index (χ1v) is 9.70. The van der Waals surface area contributed by atoms with Crippen LogP contribution in [0.15, 0.2) is 53.5 Å². The molecule has 0 saturated heterocycles. The Bertz CT molecular complexity index is 734. The van der Waals surface area contributed by atoms with E-state index in [1.54, 1.807) is 7.11 Å². The van der Waals surface area contributed by atoms with E-state index in [4.69, 9.17) is 14.2 Å². The minimum absolute atomic E-state index is 0.534. The van der Waals surface area contributed by atoms with Gasteiger partial charge in [-0.15, -0.1) is 0 Å². The number of para-hydroxylation sites is 1. The van der Waals surface area contributed by atoms with Crippen molar-refractivity contribution in [1.29, 1.82) is 0 Å². The maximum atomic E-state index is 5.69. The monoisotopic (exact) mass is 385 g/mol. The molecule has 6 nitrogen and oxygen atoms in total. The molecule has 0 bridgehead atoms. The van der Waals surface area contributed by atoms with Crippen molar-refractivity contribution >= 4 is 5.96 Å². The number of guanidine groups is 1. The van der Waals surface area contributed by atoms with E-state index in [1.165, 1.54) is 0 Å². The average Bonchev–Trinajstić information content (AvgIpc) is 2.72. The van der Waals surface area contributed by atoms with Crippen molar-refractivity contribution in [2.45, 2.75) is 26.9 Å². The van der Waals surface area contributed by atoms with Gasteiger partial charge in [-0.1, -0.05) is 30.3 Å². The zero-order chi connectivity index (χ0) is 20.0. The van der Waals surface area contributed by atoms with E-state index in [-0.39, 0.29) is 0 Å². The Balaban J connectivity index is 1.98. The second kappa shape index (κ2) is 12.6. The van der Waals surface area contributed by atoms with Gasteiger partial charge < -0.3 is 24.8 Å². The van der Waals surface area contributed by atoms with Gasteiger partial charge in [0.05, 0.1) is 19.8 Å². The Morgan fingerprint density at radius 2 is 1.82 bits per heavy atom. The molecule has 0 radical (unpaired) electrons. The molecule has 0 saturated carbocycles. The van der Waals surface area contributed by atoms with E-state index in [0.717, 1.165) is 35.1 Å². The molecule has 0 spiro atoms. The van der Waals surface area contributed by atoms with Crippen molar-refractivity contribution < 1.29 is 14.2 Å². The van der Waals surface area contributed by atoms with Crippen molar-refractivity contribution in [3.05, 3.63) is 59.7 Å². The molecule has 0 unspecified atom stereocenters. The standard InChI is InChI=1S/C22H31N3O3/c1-4-23-22(25-17-19-10-6-7-12-21(19)27-5-2)24-16-18-9-8-11-20(15-18)28-14-13-26-3/h6-12,15H,4-5,13-14,16-17H2,1-3H3,(H2,23,24,25).